The first kappa shape index (κ1) is 13.2. The predicted molar refractivity (Wildman–Crippen MR) is 65.5 cm³/mol. The molecule has 0 atom stereocenters. The molecule has 4 nitrogen and oxygen atoms in total. The van der Waals surface area contributed by atoms with E-state index in [4.69, 9.17) is 31.1 Å². The van der Waals surface area contributed by atoms with Crippen molar-refractivity contribution in [3.63, 3.8) is 0 Å². The monoisotopic (exact) mass is 253 g/mol. The van der Waals surface area contributed by atoms with Crippen LogP contribution in [-0.2, 0) is 0 Å². The molecule has 0 N–H and O–H groups in total. The molecule has 0 spiro atoms. The zero-order valence-electron chi connectivity index (χ0n) is 9.78. The van der Waals surface area contributed by atoms with Gasteiger partial charge in [-0.25, -0.2) is 0 Å². The van der Waals surface area contributed by atoms with Crippen molar-refractivity contribution in [3.8, 4) is 23.3 Å². The van der Waals surface area contributed by atoms with Crippen LogP contribution in [0.25, 0.3) is 5.03 Å². The Kier molecular flexibility index (Phi) is 4.68. The highest BCUT2D eigenvalue weighted by Crippen LogP contribution is 2.38. The molecular formula is C12H12ClNO3. The van der Waals surface area contributed by atoms with E-state index in [0.717, 1.165) is 0 Å². The summed E-state index contributed by atoms with van der Waals surface area (Å²) in [6, 6.07) is 5.18. The second kappa shape index (κ2) is 6.02. The molecule has 0 heterocycles. The largest absolute Gasteiger partial charge is 0.496 e. The van der Waals surface area contributed by atoms with Crippen LogP contribution >= 0.6 is 11.6 Å². The first-order valence-corrected chi connectivity index (χ1v) is 5.11. The van der Waals surface area contributed by atoms with Gasteiger partial charge in [0.05, 0.1) is 32.4 Å². The first-order valence-electron chi connectivity index (χ1n) is 4.73. The number of halogens is 1. The van der Waals surface area contributed by atoms with Gasteiger partial charge in [-0.15, -0.1) is 0 Å². The van der Waals surface area contributed by atoms with Gasteiger partial charge in [-0.1, -0.05) is 11.6 Å². The van der Waals surface area contributed by atoms with Gasteiger partial charge in [0, 0.05) is 17.7 Å². The predicted octanol–water partition coefficient (Wildman–Crippen LogP) is 2.82. The van der Waals surface area contributed by atoms with Gasteiger partial charge >= 0.3 is 0 Å². The van der Waals surface area contributed by atoms with Gasteiger partial charge in [0.2, 0.25) is 0 Å². The quantitative estimate of drug-likeness (QED) is 0.775. The molecule has 1 rings (SSSR count). The van der Waals surface area contributed by atoms with E-state index in [1.54, 1.807) is 12.1 Å². The van der Waals surface area contributed by atoms with Crippen molar-refractivity contribution >= 4 is 16.6 Å². The lowest BCUT2D eigenvalue weighted by Crippen LogP contribution is -1.95. The molecule has 0 amide bonds. The molecular weight excluding hydrogens is 242 g/mol. The van der Waals surface area contributed by atoms with Crippen LogP contribution in [0.2, 0.25) is 0 Å². The van der Waals surface area contributed by atoms with Crippen molar-refractivity contribution in [2.24, 2.45) is 0 Å². The fraction of sp³-hybridized carbons (Fsp3) is 0.250. The number of rotatable bonds is 4. The minimum absolute atomic E-state index is 0.283. The Morgan fingerprint density at radius 2 is 1.65 bits per heavy atom. The van der Waals surface area contributed by atoms with Crippen LogP contribution in [0.3, 0.4) is 0 Å². The minimum Gasteiger partial charge on any atom is -0.496 e. The fourth-order valence-electron chi connectivity index (χ4n) is 1.35. The first-order chi connectivity index (χ1) is 8.17. The summed E-state index contributed by atoms with van der Waals surface area (Å²) in [6.45, 7) is 0. The Balaban J connectivity index is 3.39. The molecule has 0 unspecified atom stereocenters. The molecule has 0 saturated carbocycles. The van der Waals surface area contributed by atoms with Gasteiger partial charge in [0.15, 0.2) is 11.5 Å². The number of allylic oxidation sites excluding steroid dienone is 1. The van der Waals surface area contributed by atoms with E-state index in [-0.39, 0.29) is 5.03 Å². The molecule has 90 valence electrons. The third-order valence-corrected chi connectivity index (χ3v) is 2.47. The molecule has 0 aliphatic heterocycles. The summed E-state index contributed by atoms with van der Waals surface area (Å²) in [4.78, 5) is 0. The number of nitriles is 1. The van der Waals surface area contributed by atoms with Crippen LogP contribution < -0.4 is 14.2 Å². The number of methoxy groups -OCH3 is 3. The molecule has 17 heavy (non-hydrogen) atoms. The minimum atomic E-state index is 0.283. The number of hydrogen-bond donors (Lipinski definition) is 0. The van der Waals surface area contributed by atoms with E-state index in [0.29, 0.717) is 22.8 Å². The lowest BCUT2D eigenvalue weighted by molar-refractivity contribution is 0.348. The van der Waals surface area contributed by atoms with Crippen molar-refractivity contribution < 1.29 is 14.2 Å². The molecule has 5 heteroatoms. The zero-order chi connectivity index (χ0) is 12.8. The lowest BCUT2D eigenvalue weighted by atomic mass is 10.1. The van der Waals surface area contributed by atoms with Crippen molar-refractivity contribution in [3.05, 3.63) is 23.8 Å². The highest BCUT2D eigenvalue weighted by Gasteiger charge is 2.13. The standard InChI is InChI=1S/C12H12ClNO3/c1-15-10-7-12(17-3)11(16-2)6-8(10)9(13)4-5-14/h4,6-7H,1-3H3/b9-4-. The topological polar surface area (TPSA) is 51.5 Å². The van der Waals surface area contributed by atoms with E-state index >= 15 is 0 Å². The summed E-state index contributed by atoms with van der Waals surface area (Å²) in [5.74, 6) is 1.57. The Hall–Kier alpha value is -1.86. The molecule has 0 aliphatic rings. The maximum absolute atomic E-state index is 8.58. The molecule has 0 aliphatic carbocycles. The van der Waals surface area contributed by atoms with Gasteiger partial charge in [-0.2, -0.15) is 5.26 Å². The Labute approximate surface area is 105 Å². The SMILES string of the molecule is COc1cc(OC)c(/C(Cl)=C/C#N)cc1OC. The summed E-state index contributed by atoms with van der Waals surface area (Å²) in [6.07, 6.45) is 1.23. The molecule has 0 bridgehead atoms. The average molecular weight is 254 g/mol. The van der Waals surface area contributed by atoms with Crippen LogP contribution in [0.4, 0.5) is 0 Å². The van der Waals surface area contributed by atoms with E-state index in [1.165, 1.54) is 27.4 Å². The number of hydrogen-bond acceptors (Lipinski definition) is 4. The van der Waals surface area contributed by atoms with Gasteiger partial charge in [-0.3, -0.25) is 0 Å². The number of ether oxygens (including phenoxy) is 3. The maximum Gasteiger partial charge on any atom is 0.164 e. The Morgan fingerprint density at radius 3 is 2.12 bits per heavy atom. The highest BCUT2D eigenvalue weighted by molar-refractivity contribution is 6.49. The summed E-state index contributed by atoms with van der Waals surface area (Å²) < 4.78 is 15.5. The number of nitrogens with zero attached hydrogens (tertiary/aromatic N) is 1. The summed E-state index contributed by atoms with van der Waals surface area (Å²) in [5, 5.41) is 8.86. The fourth-order valence-corrected chi connectivity index (χ4v) is 1.55. The molecule has 0 aromatic heterocycles. The van der Waals surface area contributed by atoms with Crippen LogP contribution in [0.1, 0.15) is 5.56 Å². The second-order valence-corrected chi connectivity index (χ2v) is 3.44. The smallest absolute Gasteiger partial charge is 0.164 e. The summed E-state index contributed by atoms with van der Waals surface area (Å²) in [5.41, 5.74) is 0.577. The maximum atomic E-state index is 8.58. The van der Waals surface area contributed by atoms with Crippen LogP contribution in [0.15, 0.2) is 18.2 Å². The summed E-state index contributed by atoms with van der Waals surface area (Å²) >= 11 is 5.98. The van der Waals surface area contributed by atoms with E-state index in [1.807, 2.05) is 6.07 Å². The lowest BCUT2D eigenvalue weighted by Gasteiger charge is -2.13. The van der Waals surface area contributed by atoms with E-state index < -0.39 is 0 Å². The number of benzene rings is 1. The normalized spacial score (nSPS) is 10.6. The van der Waals surface area contributed by atoms with Crippen molar-refractivity contribution in [1.29, 1.82) is 5.26 Å². The van der Waals surface area contributed by atoms with Gasteiger partial charge in [-0.05, 0) is 6.07 Å². The second-order valence-electron chi connectivity index (χ2n) is 3.03. The van der Waals surface area contributed by atoms with Crippen LogP contribution in [0.5, 0.6) is 17.2 Å². The molecule has 0 saturated heterocycles. The highest BCUT2D eigenvalue weighted by atomic mass is 35.5. The summed E-state index contributed by atoms with van der Waals surface area (Å²) in [7, 11) is 4.57. The van der Waals surface area contributed by atoms with Crippen LogP contribution in [-0.4, -0.2) is 21.3 Å². The van der Waals surface area contributed by atoms with Gasteiger partial charge in [0.25, 0.3) is 0 Å². The van der Waals surface area contributed by atoms with E-state index in [9.17, 15) is 0 Å². The van der Waals surface area contributed by atoms with Gasteiger partial charge in [0.1, 0.15) is 5.75 Å². The Bertz CT molecular complexity index is 477. The average Bonchev–Trinajstić information content (AvgIpc) is 2.37. The molecule has 0 radical (unpaired) electrons. The van der Waals surface area contributed by atoms with E-state index in [2.05, 4.69) is 0 Å². The van der Waals surface area contributed by atoms with Crippen LogP contribution in [0, 0.1) is 11.3 Å². The van der Waals surface area contributed by atoms with Crippen molar-refractivity contribution in [1.82, 2.24) is 0 Å². The third kappa shape index (κ3) is 2.83. The van der Waals surface area contributed by atoms with Crippen molar-refractivity contribution in [2.75, 3.05) is 21.3 Å². The Morgan fingerprint density at radius 1 is 1.12 bits per heavy atom. The van der Waals surface area contributed by atoms with Crippen molar-refractivity contribution in [2.45, 2.75) is 0 Å². The van der Waals surface area contributed by atoms with Gasteiger partial charge < -0.3 is 14.2 Å². The zero-order valence-corrected chi connectivity index (χ0v) is 10.5. The third-order valence-electron chi connectivity index (χ3n) is 2.15. The molecule has 1 aromatic rings. The molecule has 1 aromatic carbocycles. The molecule has 0 fully saturated rings.